The van der Waals surface area contributed by atoms with Crippen molar-refractivity contribution in [2.75, 3.05) is 19.8 Å². The Morgan fingerprint density at radius 2 is 1.73 bits per heavy atom. The van der Waals surface area contributed by atoms with E-state index in [1.54, 1.807) is 13.8 Å². The number of hydrogen-bond acceptors (Lipinski definition) is 4. The van der Waals surface area contributed by atoms with Crippen molar-refractivity contribution in [3.8, 4) is 0 Å². The van der Waals surface area contributed by atoms with Crippen molar-refractivity contribution in [2.45, 2.75) is 38.9 Å². The van der Waals surface area contributed by atoms with Gasteiger partial charge in [0.1, 0.15) is 6.61 Å². The number of carbonyl (C=O) groups is 1. The number of hydrogen-bond donors (Lipinski definition) is 2. The largest absolute Gasteiger partial charge is 0.480 e. The molecule has 0 bridgehead atoms. The molecule has 0 amide bonds. The van der Waals surface area contributed by atoms with E-state index in [1.165, 1.54) is 0 Å². The summed E-state index contributed by atoms with van der Waals surface area (Å²) in [6.45, 7) is 7.71. The maximum absolute atomic E-state index is 10.3. The van der Waals surface area contributed by atoms with Crippen LogP contribution in [-0.2, 0) is 14.3 Å². The lowest BCUT2D eigenvalue weighted by molar-refractivity contribution is -0.156. The van der Waals surface area contributed by atoms with E-state index in [0.29, 0.717) is 13.2 Å². The van der Waals surface area contributed by atoms with Crippen LogP contribution in [0.1, 0.15) is 27.7 Å². The van der Waals surface area contributed by atoms with E-state index >= 15 is 0 Å². The predicted octanol–water partition coefficient (Wildman–Crippen LogP) is 0.620. The van der Waals surface area contributed by atoms with Gasteiger partial charge in [-0.2, -0.15) is 0 Å². The molecule has 0 aromatic rings. The number of nitrogens with two attached hydrogens (primary N) is 1. The van der Waals surface area contributed by atoms with Gasteiger partial charge < -0.3 is 20.3 Å². The summed E-state index contributed by atoms with van der Waals surface area (Å²) >= 11 is 0. The Morgan fingerprint density at radius 3 is 2.13 bits per heavy atom. The van der Waals surface area contributed by atoms with Crippen molar-refractivity contribution in [2.24, 2.45) is 5.73 Å². The second-order valence-electron chi connectivity index (χ2n) is 4.69. The predicted molar refractivity (Wildman–Crippen MR) is 56.8 cm³/mol. The molecule has 0 atom stereocenters. The number of aliphatic carboxylic acids is 1. The van der Waals surface area contributed by atoms with E-state index in [2.05, 4.69) is 0 Å². The van der Waals surface area contributed by atoms with Gasteiger partial charge in [-0.1, -0.05) is 0 Å². The van der Waals surface area contributed by atoms with Gasteiger partial charge in [-0.3, -0.25) is 0 Å². The smallest absolute Gasteiger partial charge is 0.329 e. The van der Waals surface area contributed by atoms with Gasteiger partial charge in [0.05, 0.1) is 17.8 Å². The molecule has 0 unspecified atom stereocenters. The topological polar surface area (TPSA) is 81.8 Å². The van der Waals surface area contributed by atoms with E-state index in [0.717, 1.165) is 0 Å². The molecule has 5 nitrogen and oxygen atoms in total. The highest BCUT2D eigenvalue weighted by Crippen LogP contribution is 2.15. The first-order valence-corrected chi connectivity index (χ1v) is 4.88. The third-order valence-corrected chi connectivity index (χ3v) is 1.89. The third kappa shape index (κ3) is 7.30. The van der Waals surface area contributed by atoms with Crippen molar-refractivity contribution in [3.63, 3.8) is 0 Å². The Hall–Kier alpha value is -0.650. The zero-order chi connectivity index (χ0) is 12.1. The molecule has 0 radical (unpaired) electrons. The molecule has 0 aromatic heterocycles. The first-order chi connectivity index (χ1) is 6.68. The highest BCUT2D eigenvalue weighted by atomic mass is 16.6. The maximum Gasteiger partial charge on any atom is 0.329 e. The summed E-state index contributed by atoms with van der Waals surface area (Å²) in [5.41, 5.74) is 4.46. The number of carboxylic acid groups (broad SMARTS) is 1. The fraction of sp³-hybridized carbons (Fsp3) is 0.900. The van der Waals surface area contributed by atoms with Crippen LogP contribution in [0.2, 0.25) is 0 Å². The molecule has 0 saturated heterocycles. The lowest BCUT2D eigenvalue weighted by atomic mass is 10.1. The second-order valence-corrected chi connectivity index (χ2v) is 4.69. The summed E-state index contributed by atoms with van der Waals surface area (Å²) in [7, 11) is 0. The van der Waals surface area contributed by atoms with Crippen molar-refractivity contribution < 1.29 is 19.4 Å². The maximum atomic E-state index is 10.3. The molecule has 90 valence electrons. The van der Waals surface area contributed by atoms with Crippen LogP contribution in [-0.4, -0.2) is 42.0 Å². The van der Waals surface area contributed by atoms with Crippen molar-refractivity contribution >= 4 is 5.97 Å². The molecule has 0 fully saturated rings. The summed E-state index contributed by atoms with van der Waals surface area (Å²) in [5, 5.41) is 8.47. The van der Waals surface area contributed by atoms with Gasteiger partial charge in [0.2, 0.25) is 0 Å². The lowest BCUT2D eigenvalue weighted by Gasteiger charge is -2.30. The molecule has 0 spiro atoms. The van der Waals surface area contributed by atoms with E-state index in [1.807, 2.05) is 13.8 Å². The van der Waals surface area contributed by atoms with E-state index in [9.17, 15) is 4.79 Å². The van der Waals surface area contributed by atoms with E-state index in [4.69, 9.17) is 20.3 Å². The molecule has 3 N–H and O–H groups in total. The van der Waals surface area contributed by atoms with Crippen LogP contribution in [0.3, 0.4) is 0 Å². The normalized spacial score (nSPS) is 12.9. The first kappa shape index (κ1) is 14.3. The highest BCUT2D eigenvalue weighted by molar-refractivity contribution is 5.68. The molecule has 0 aliphatic carbocycles. The number of ether oxygens (including phenoxy) is 2. The van der Waals surface area contributed by atoms with Crippen LogP contribution in [0.25, 0.3) is 0 Å². The zero-order valence-electron chi connectivity index (χ0n) is 9.87. The summed E-state index contributed by atoms with van der Waals surface area (Å²) in [6.07, 6.45) is 0. The van der Waals surface area contributed by atoms with Gasteiger partial charge in [0.15, 0.2) is 0 Å². The quantitative estimate of drug-likeness (QED) is 0.656. The summed E-state index contributed by atoms with van der Waals surface area (Å²) in [4.78, 5) is 10.3. The van der Waals surface area contributed by atoms with Gasteiger partial charge in [0, 0.05) is 6.54 Å². The van der Waals surface area contributed by atoms with Crippen LogP contribution in [0.5, 0.6) is 0 Å². The van der Waals surface area contributed by atoms with Crippen LogP contribution in [0.15, 0.2) is 0 Å². The van der Waals surface area contributed by atoms with Gasteiger partial charge in [0.25, 0.3) is 0 Å². The zero-order valence-corrected chi connectivity index (χ0v) is 9.87. The van der Waals surface area contributed by atoms with Crippen LogP contribution in [0, 0.1) is 0 Å². The lowest BCUT2D eigenvalue weighted by Crippen LogP contribution is -2.41. The van der Waals surface area contributed by atoms with Crippen molar-refractivity contribution in [1.29, 1.82) is 0 Å². The Kier molecular flexibility index (Phi) is 5.20. The Bertz CT molecular complexity index is 213. The minimum absolute atomic E-state index is 0.310. The summed E-state index contributed by atoms with van der Waals surface area (Å²) < 4.78 is 10.7. The average molecular weight is 219 g/mol. The SMILES string of the molecule is CC(C)(CN)OCC(C)(C)OCC(=O)O. The highest BCUT2D eigenvalue weighted by Gasteiger charge is 2.25. The van der Waals surface area contributed by atoms with E-state index < -0.39 is 17.2 Å². The van der Waals surface area contributed by atoms with Crippen LogP contribution >= 0.6 is 0 Å². The van der Waals surface area contributed by atoms with Gasteiger partial charge in [-0.25, -0.2) is 4.79 Å². The first-order valence-electron chi connectivity index (χ1n) is 4.88. The van der Waals surface area contributed by atoms with Crippen LogP contribution < -0.4 is 5.73 Å². The standard InChI is InChI=1S/C10H21NO4/c1-9(2,6-11)15-7-10(3,4)14-5-8(12)13/h5-7,11H2,1-4H3,(H,12,13). The Morgan fingerprint density at radius 1 is 1.20 bits per heavy atom. The second kappa shape index (κ2) is 5.44. The van der Waals surface area contributed by atoms with Crippen LogP contribution in [0.4, 0.5) is 0 Å². The van der Waals surface area contributed by atoms with Gasteiger partial charge >= 0.3 is 5.97 Å². The molecular formula is C10H21NO4. The summed E-state index contributed by atoms with van der Waals surface area (Å²) in [6, 6.07) is 0. The molecular weight excluding hydrogens is 198 g/mol. The fourth-order valence-electron chi connectivity index (χ4n) is 0.727. The minimum Gasteiger partial charge on any atom is -0.480 e. The molecule has 0 saturated carbocycles. The van der Waals surface area contributed by atoms with Crippen molar-refractivity contribution in [1.82, 2.24) is 0 Å². The van der Waals surface area contributed by atoms with Crippen molar-refractivity contribution in [3.05, 3.63) is 0 Å². The molecule has 0 aromatic carbocycles. The average Bonchev–Trinajstić information content (AvgIpc) is 2.13. The molecule has 0 rings (SSSR count). The molecule has 0 aliphatic rings. The fourth-order valence-corrected chi connectivity index (χ4v) is 0.727. The number of rotatable bonds is 7. The number of carboxylic acids is 1. The summed E-state index contributed by atoms with van der Waals surface area (Å²) in [5.74, 6) is -0.985. The monoisotopic (exact) mass is 219 g/mol. The Labute approximate surface area is 90.5 Å². The van der Waals surface area contributed by atoms with Gasteiger partial charge in [-0.15, -0.1) is 0 Å². The molecule has 15 heavy (non-hydrogen) atoms. The molecule has 5 heteroatoms. The van der Waals surface area contributed by atoms with E-state index in [-0.39, 0.29) is 6.61 Å². The molecule has 0 aliphatic heterocycles. The van der Waals surface area contributed by atoms with Gasteiger partial charge in [-0.05, 0) is 27.7 Å². The third-order valence-electron chi connectivity index (χ3n) is 1.89. The Balaban J connectivity index is 3.98. The molecule has 0 heterocycles. The minimum atomic E-state index is -0.985.